The van der Waals surface area contributed by atoms with E-state index in [4.69, 9.17) is 19.9 Å². The van der Waals surface area contributed by atoms with E-state index in [1.54, 1.807) is 7.11 Å². The number of hydrogen-bond acceptors (Lipinski definition) is 4. The Balaban J connectivity index is 0.00000200. The predicted molar refractivity (Wildman–Crippen MR) is 83.0 cm³/mol. The molecule has 112 valence electrons. The molecule has 0 spiro atoms. The number of nitrogens with one attached hydrogen (secondary N) is 1. The summed E-state index contributed by atoms with van der Waals surface area (Å²) in [6.07, 6.45) is -0.113. The number of hydrogen-bond donors (Lipinski definition) is 2. The standard InChI is InChI=1S/C13H19N3O3.BrH/c1-17-7-6-15-13(14)16-8-10-9-18-11-4-2-3-5-12(11)19-10;/h2-5,10H,6-9H2,1H3,(H3,14,15,16);1H. The van der Waals surface area contributed by atoms with E-state index in [0.717, 1.165) is 11.5 Å². The van der Waals surface area contributed by atoms with E-state index in [9.17, 15) is 0 Å². The Morgan fingerprint density at radius 2 is 2.20 bits per heavy atom. The van der Waals surface area contributed by atoms with E-state index >= 15 is 0 Å². The van der Waals surface area contributed by atoms with Crippen LogP contribution in [0.15, 0.2) is 29.3 Å². The zero-order valence-electron chi connectivity index (χ0n) is 11.4. The summed E-state index contributed by atoms with van der Waals surface area (Å²) in [5.41, 5.74) is 5.71. The molecular formula is C13H20BrN3O3. The van der Waals surface area contributed by atoms with Crippen LogP contribution < -0.4 is 20.5 Å². The van der Waals surface area contributed by atoms with Crippen molar-refractivity contribution in [3.05, 3.63) is 24.3 Å². The molecule has 3 N–H and O–H groups in total. The molecule has 0 aromatic heterocycles. The highest BCUT2D eigenvalue weighted by Crippen LogP contribution is 2.30. The number of methoxy groups -OCH3 is 1. The number of aliphatic imine (C=N–C) groups is 1. The van der Waals surface area contributed by atoms with E-state index in [2.05, 4.69) is 10.3 Å². The van der Waals surface area contributed by atoms with Gasteiger partial charge in [0.05, 0.1) is 13.2 Å². The molecule has 1 unspecified atom stereocenters. The van der Waals surface area contributed by atoms with E-state index < -0.39 is 0 Å². The summed E-state index contributed by atoms with van der Waals surface area (Å²) in [6, 6.07) is 7.59. The Morgan fingerprint density at radius 1 is 1.45 bits per heavy atom. The summed E-state index contributed by atoms with van der Waals surface area (Å²) in [7, 11) is 1.64. The van der Waals surface area contributed by atoms with E-state index in [1.165, 1.54) is 0 Å². The minimum Gasteiger partial charge on any atom is -0.486 e. The maximum Gasteiger partial charge on any atom is 0.188 e. The summed E-state index contributed by atoms with van der Waals surface area (Å²) >= 11 is 0. The number of rotatable bonds is 5. The van der Waals surface area contributed by atoms with E-state index in [1.807, 2.05) is 24.3 Å². The van der Waals surface area contributed by atoms with Gasteiger partial charge in [-0.25, -0.2) is 4.99 Å². The molecule has 0 aliphatic carbocycles. The molecule has 1 aromatic carbocycles. The summed E-state index contributed by atoms with van der Waals surface area (Å²) in [4.78, 5) is 4.22. The van der Waals surface area contributed by atoms with Crippen LogP contribution in [0.5, 0.6) is 11.5 Å². The van der Waals surface area contributed by atoms with Crippen LogP contribution in [0.3, 0.4) is 0 Å². The van der Waals surface area contributed by atoms with E-state index in [0.29, 0.717) is 32.3 Å². The monoisotopic (exact) mass is 345 g/mol. The van der Waals surface area contributed by atoms with Gasteiger partial charge in [-0.05, 0) is 12.1 Å². The fourth-order valence-corrected chi connectivity index (χ4v) is 1.69. The number of halogens is 1. The van der Waals surface area contributed by atoms with Crippen LogP contribution >= 0.6 is 17.0 Å². The van der Waals surface area contributed by atoms with Gasteiger partial charge < -0.3 is 25.3 Å². The first-order valence-electron chi connectivity index (χ1n) is 6.21. The highest BCUT2D eigenvalue weighted by atomic mass is 79.9. The topological polar surface area (TPSA) is 78.1 Å². The molecule has 0 amide bonds. The first-order chi connectivity index (χ1) is 9.29. The number of fused-ring (bicyclic) bond motifs is 1. The van der Waals surface area contributed by atoms with Crippen molar-refractivity contribution in [2.45, 2.75) is 6.10 Å². The van der Waals surface area contributed by atoms with Crippen LogP contribution in [0.2, 0.25) is 0 Å². The number of nitrogens with two attached hydrogens (primary N) is 1. The van der Waals surface area contributed by atoms with Gasteiger partial charge in [0, 0.05) is 13.7 Å². The zero-order valence-corrected chi connectivity index (χ0v) is 13.1. The second-order valence-corrected chi connectivity index (χ2v) is 4.14. The van der Waals surface area contributed by atoms with Gasteiger partial charge in [-0.1, -0.05) is 12.1 Å². The quantitative estimate of drug-likeness (QED) is 0.472. The van der Waals surface area contributed by atoms with Crippen molar-refractivity contribution in [3.8, 4) is 11.5 Å². The Labute approximate surface area is 129 Å². The van der Waals surface area contributed by atoms with Crippen molar-refractivity contribution < 1.29 is 14.2 Å². The minimum absolute atomic E-state index is 0. The van der Waals surface area contributed by atoms with Gasteiger partial charge in [0.1, 0.15) is 6.61 Å². The Hall–Kier alpha value is -1.47. The molecule has 1 aliphatic heterocycles. The van der Waals surface area contributed by atoms with Gasteiger partial charge in [-0.3, -0.25) is 0 Å². The highest BCUT2D eigenvalue weighted by molar-refractivity contribution is 8.93. The second-order valence-electron chi connectivity index (χ2n) is 4.14. The second kappa shape index (κ2) is 8.65. The summed E-state index contributed by atoms with van der Waals surface area (Å²) in [5.74, 6) is 1.91. The third kappa shape index (κ3) is 4.90. The van der Waals surface area contributed by atoms with Gasteiger partial charge in [0.15, 0.2) is 23.6 Å². The van der Waals surface area contributed by atoms with Crippen LogP contribution in [0.25, 0.3) is 0 Å². The van der Waals surface area contributed by atoms with E-state index in [-0.39, 0.29) is 23.1 Å². The molecule has 2 rings (SSSR count). The van der Waals surface area contributed by atoms with Gasteiger partial charge >= 0.3 is 0 Å². The van der Waals surface area contributed by atoms with Crippen LogP contribution in [-0.4, -0.2) is 45.5 Å². The number of para-hydroxylation sites is 2. The van der Waals surface area contributed by atoms with Crippen molar-refractivity contribution in [3.63, 3.8) is 0 Å². The van der Waals surface area contributed by atoms with Crippen molar-refractivity contribution >= 4 is 22.9 Å². The fourth-order valence-electron chi connectivity index (χ4n) is 1.69. The number of guanidine groups is 1. The average molecular weight is 346 g/mol. The molecule has 1 aliphatic rings. The number of nitrogens with zero attached hydrogens (tertiary/aromatic N) is 1. The van der Waals surface area contributed by atoms with Crippen molar-refractivity contribution in [2.75, 3.05) is 33.4 Å². The molecule has 0 saturated carbocycles. The van der Waals surface area contributed by atoms with Crippen molar-refractivity contribution in [1.29, 1.82) is 0 Å². The molecule has 0 radical (unpaired) electrons. The van der Waals surface area contributed by atoms with Gasteiger partial charge in [-0.2, -0.15) is 0 Å². The van der Waals surface area contributed by atoms with Crippen LogP contribution in [-0.2, 0) is 4.74 Å². The molecule has 20 heavy (non-hydrogen) atoms. The molecule has 1 atom stereocenters. The number of benzene rings is 1. The lowest BCUT2D eigenvalue weighted by atomic mass is 10.2. The lowest BCUT2D eigenvalue weighted by Gasteiger charge is -2.25. The Kier molecular flexibility index (Phi) is 7.17. The maximum absolute atomic E-state index is 5.77. The highest BCUT2D eigenvalue weighted by Gasteiger charge is 2.19. The van der Waals surface area contributed by atoms with Crippen LogP contribution in [0, 0.1) is 0 Å². The SMILES string of the molecule is Br.COCCNC(N)=NCC1COc2ccccc2O1. The lowest BCUT2D eigenvalue weighted by Crippen LogP contribution is -2.37. The molecule has 0 bridgehead atoms. The molecular weight excluding hydrogens is 326 g/mol. The summed E-state index contributed by atoms with van der Waals surface area (Å²) in [5, 5.41) is 2.95. The third-order valence-electron chi connectivity index (χ3n) is 2.65. The van der Waals surface area contributed by atoms with Crippen LogP contribution in [0.4, 0.5) is 0 Å². The van der Waals surface area contributed by atoms with Gasteiger partial charge in [-0.15, -0.1) is 17.0 Å². The average Bonchev–Trinajstić information content (AvgIpc) is 2.45. The Morgan fingerprint density at radius 3 is 2.95 bits per heavy atom. The fraction of sp³-hybridized carbons (Fsp3) is 0.462. The van der Waals surface area contributed by atoms with Crippen LogP contribution in [0.1, 0.15) is 0 Å². The van der Waals surface area contributed by atoms with Gasteiger partial charge in [0.25, 0.3) is 0 Å². The largest absolute Gasteiger partial charge is 0.486 e. The smallest absolute Gasteiger partial charge is 0.188 e. The van der Waals surface area contributed by atoms with Crippen molar-refractivity contribution in [2.24, 2.45) is 10.7 Å². The molecule has 1 aromatic rings. The predicted octanol–water partition coefficient (Wildman–Crippen LogP) is 0.955. The van der Waals surface area contributed by atoms with Crippen molar-refractivity contribution in [1.82, 2.24) is 5.32 Å². The minimum atomic E-state index is -0.113. The molecule has 7 heteroatoms. The first-order valence-corrected chi connectivity index (χ1v) is 6.21. The molecule has 1 heterocycles. The van der Waals surface area contributed by atoms with Gasteiger partial charge in [0.2, 0.25) is 0 Å². The maximum atomic E-state index is 5.77. The third-order valence-corrected chi connectivity index (χ3v) is 2.65. The zero-order chi connectivity index (χ0) is 13.5. The summed E-state index contributed by atoms with van der Waals surface area (Å²) in [6.45, 7) is 2.16. The molecule has 0 fully saturated rings. The summed E-state index contributed by atoms with van der Waals surface area (Å²) < 4.78 is 16.3. The Bertz CT molecular complexity index is 443. The normalized spacial score (nSPS) is 17.2. The first kappa shape index (κ1) is 16.6. The lowest BCUT2D eigenvalue weighted by molar-refractivity contribution is 0.0971. The molecule has 6 nitrogen and oxygen atoms in total. The molecule has 0 saturated heterocycles. The number of ether oxygens (including phenoxy) is 3.